The number of benzene rings is 3. The normalized spacial score (nSPS) is 12.4. The number of halogens is 1. The third-order valence-corrected chi connectivity index (χ3v) is 7.27. The van der Waals surface area contributed by atoms with Crippen LogP contribution in [-0.4, -0.2) is 53.0 Å². The van der Waals surface area contributed by atoms with Gasteiger partial charge >= 0.3 is 0 Å². The van der Waals surface area contributed by atoms with Crippen LogP contribution in [0.3, 0.4) is 0 Å². The Morgan fingerprint density at radius 1 is 1.05 bits per heavy atom. The molecule has 0 saturated heterocycles. The van der Waals surface area contributed by atoms with Crippen LogP contribution in [0.2, 0.25) is 5.02 Å². The number of nitrogens with zero attached hydrogens (tertiary/aromatic N) is 4. The summed E-state index contributed by atoms with van der Waals surface area (Å²) >= 11 is 6.12. The first-order valence-electron chi connectivity index (χ1n) is 11.5. The Bertz CT molecular complexity index is 1460. The van der Waals surface area contributed by atoms with E-state index in [0.29, 0.717) is 16.3 Å². The fourth-order valence-corrected chi connectivity index (χ4v) is 5.17. The summed E-state index contributed by atoms with van der Waals surface area (Å²) in [6.07, 6.45) is 1.69. The molecular formula is C27H24ClN5O4S. The Labute approximate surface area is 226 Å². The minimum absolute atomic E-state index is 0.0620. The number of amides is 1. The molecule has 0 aliphatic rings. The number of hydrogen-bond donors (Lipinski definition) is 2. The van der Waals surface area contributed by atoms with E-state index >= 15 is 0 Å². The molecule has 194 valence electrons. The second-order valence-electron chi connectivity index (χ2n) is 8.45. The van der Waals surface area contributed by atoms with E-state index in [-0.39, 0.29) is 35.0 Å². The summed E-state index contributed by atoms with van der Waals surface area (Å²) < 4.78 is 14.5. The molecule has 4 rings (SSSR count). The first-order chi connectivity index (χ1) is 18.3. The summed E-state index contributed by atoms with van der Waals surface area (Å²) in [7, 11) is -1.80. The van der Waals surface area contributed by atoms with Crippen LogP contribution in [0.5, 0.6) is 0 Å². The summed E-state index contributed by atoms with van der Waals surface area (Å²) in [5.41, 5.74) is 2.58. The highest BCUT2D eigenvalue weighted by Gasteiger charge is 2.24. The zero-order valence-corrected chi connectivity index (χ0v) is 21.7. The molecule has 4 aromatic rings. The van der Waals surface area contributed by atoms with E-state index in [4.69, 9.17) is 11.6 Å². The summed E-state index contributed by atoms with van der Waals surface area (Å²) in [6, 6.07) is 20.0. The molecule has 2 N–H and O–H groups in total. The minimum Gasteiger partial charge on any atom is -0.508 e. The van der Waals surface area contributed by atoms with Gasteiger partial charge in [0.15, 0.2) is 5.78 Å². The van der Waals surface area contributed by atoms with Crippen LogP contribution in [0.4, 0.5) is 0 Å². The van der Waals surface area contributed by atoms with E-state index < -0.39 is 22.7 Å². The van der Waals surface area contributed by atoms with Crippen LogP contribution in [0.25, 0.3) is 11.4 Å². The van der Waals surface area contributed by atoms with Crippen molar-refractivity contribution in [1.29, 1.82) is 0 Å². The van der Waals surface area contributed by atoms with Gasteiger partial charge in [-0.3, -0.25) is 13.8 Å². The van der Waals surface area contributed by atoms with Gasteiger partial charge in [-0.2, -0.15) is 4.68 Å². The lowest BCUT2D eigenvalue weighted by atomic mass is 9.97. The predicted octanol–water partition coefficient (Wildman–Crippen LogP) is 3.49. The Morgan fingerprint density at radius 2 is 1.79 bits per heavy atom. The summed E-state index contributed by atoms with van der Waals surface area (Å²) in [6.45, 7) is 3.49. The second-order valence-corrected chi connectivity index (χ2v) is 10.3. The lowest BCUT2D eigenvalue weighted by Crippen LogP contribution is -2.44. The zero-order chi connectivity index (χ0) is 27.1. The lowest BCUT2D eigenvalue weighted by Gasteiger charge is -2.18. The topological polar surface area (TPSA) is 127 Å². The molecule has 1 unspecified atom stereocenters. The molecule has 1 aromatic heterocycles. The number of aromatic nitrogens is 4. The van der Waals surface area contributed by atoms with Crippen LogP contribution in [0.1, 0.15) is 16.7 Å². The van der Waals surface area contributed by atoms with Gasteiger partial charge in [0.25, 0.3) is 0 Å². The molecular weight excluding hydrogens is 526 g/mol. The van der Waals surface area contributed by atoms with Crippen LogP contribution in [0.15, 0.2) is 90.6 Å². The maximum Gasteiger partial charge on any atom is 0.233 e. The standard InChI is InChI=1S/C27H24ClN5O4S/c1-18(34)21-9-7-20(8-10-21)14-25(35)23(13-19-5-3-2-4-6-19)30-27(36)16-38(37)26-15-22(28)11-12-24(26)33-17-29-31-32-33/h2-12,15,17,23,34H,1,13-14,16H2,(H,30,36)/t23-,38?/m0/s1. The molecule has 2 atom stereocenters. The first-order valence-corrected chi connectivity index (χ1v) is 13.2. The Kier molecular flexibility index (Phi) is 8.77. The summed E-state index contributed by atoms with van der Waals surface area (Å²) in [5, 5.41) is 23.7. The molecule has 1 amide bonds. The van der Waals surface area contributed by atoms with Crippen molar-refractivity contribution in [1.82, 2.24) is 25.5 Å². The van der Waals surface area contributed by atoms with Crippen molar-refractivity contribution in [2.75, 3.05) is 5.75 Å². The minimum atomic E-state index is -1.80. The SMILES string of the molecule is C=C(O)c1ccc(CC(=O)[C@H](Cc2ccccc2)NC(=O)CS(=O)c2cc(Cl)ccc2-n2cnnn2)cc1. The molecule has 0 aliphatic carbocycles. The molecule has 0 bridgehead atoms. The maximum absolute atomic E-state index is 13.3. The molecule has 0 radical (unpaired) electrons. The molecule has 38 heavy (non-hydrogen) atoms. The summed E-state index contributed by atoms with van der Waals surface area (Å²) in [5.74, 6) is -1.21. The Hall–Kier alpha value is -4.15. The molecule has 0 spiro atoms. The van der Waals surface area contributed by atoms with Gasteiger partial charge < -0.3 is 10.4 Å². The van der Waals surface area contributed by atoms with E-state index in [1.165, 1.54) is 17.1 Å². The van der Waals surface area contributed by atoms with E-state index in [0.717, 1.165) is 11.1 Å². The molecule has 9 nitrogen and oxygen atoms in total. The van der Waals surface area contributed by atoms with Gasteiger partial charge in [-0.15, -0.1) is 5.10 Å². The quantitative estimate of drug-likeness (QED) is 0.274. The number of aliphatic hydroxyl groups excluding tert-OH is 1. The average molecular weight is 550 g/mol. The number of carbonyl (C=O) groups is 2. The van der Waals surface area contributed by atoms with Crippen molar-refractivity contribution in [3.63, 3.8) is 0 Å². The average Bonchev–Trinajstić information content (AvgIpc) is 3.44. The van der Waals surface area contributed by atoms with Crippen LogP contribution < -0.4 is 5.32 Å². The van der Waals surface area contributed by atoms with Crippen LogP contribution in [0, 0.1) is 0 Å². The molecule has 11 heteroatoms. The van der Waals surface area contributed by atoms with Crippen molar-refractivity contribution in [3.05, 3.63) is 107 Å². The van der Waals surface area contributed by atoms with Gasteiger partial charge in [-0.1, -0.05) is 72.8 Å². The zero-order valence-electron chi connectivity index (χ0n) is 20.2. The van der Waals surface area contributed by atoms with Gasteiger partial charge in [-0.05, 0) is 46.2 Å². The van der Waals surface area contributed by atoms with Crippen LogP contribution >= 0.6 is 11.6 Å². The number of nitrogens with one attached hydrogen (secondary N) is 1. The van der Waals surface area contributed by atoms with E-state index in [1.807, 2.05) is 30.3 Å². The number of rotatable bonds is 11. The molecule has 0 aliphatic heterocycles. The highest BCUT2D eigenvalue weighted by Crippen LogP contribution is 2.22. The van der Waals surface area contributed by atoms with Gasteiger partial charge in [0.2, 0.25) is 5.91 Å². The maximum atomic E-state index is 13.3. The Balaban J connectivity index is 1.50. The van der Waals surface area contributed by atoms with Gasteiger partial charge in [0.05, 0.1) is 27.4 Å². The van der Waals surface area contributed by atoms with Gasteiger partial charge in [0, 0.05) is 17.0 Å². The largest absolute Gasteiger partial charge is 0.508 e. The number of tetrazole rings is 1. The smallest absolute Gasteiger partial charge is 0.233 e. The summed E-state index contributed by atoms with van der Waals surface area (Å²) in [4.78, 5) is 26.6. The van der Waals surface area contributed by atoms with Crippen molar-refractivity contribution in [2.45, 2.75) is 23.8 Å². The van der Waals surface area contributed by atoms with Crippen molar-refractivity contribution >= 4 is 39.9 Å². The van der Waals surface area contributed by atoms with Gasteiger partial charge in [-0.25, -0.2) is 0 Å². The number of aliphatic hydroxyl groups is 1. The lowest BCUT2D eigenvalue weighted by molar-refractivity contribution is -0.126. The van der Waals surface area contributed by atoms with Crippen molar-refractivity contribution in [2.24, 2.45) is 0 Å². The Morgan fingerprint density at radius 3 is 2.45 bits per heavy atom. The van der Waals surface area contributed by atoms with Crippen molar-refractivity contribution in [3.8, 4) is 5.69 Å². The van der Waals surface area contributed by atoms with E-state index in [1.54, 1.807) is 36.4 Å². The fourth-order valence-electron chi connectivity index (χ4n) is 3.80. The highest BCUT2D eigenvalue weighted by molar-refractivity contribution is 7.86. The molecule has 0 fully saturated rings. The number of hydrogen-bond acceptors (Lipinski definition) is 7. The second kappa shape index (κ2) is 12.4. The van der Waals surface area contributed by atoms with Crippen LogP contribution in [-0.2, 0) is 33.2 Å². The monoisotopic (exact) mass is 549 g/mol. The third-order valence-electron chi connectivity index (χ3n) is 5.70. The first kappa shape index (κ1) is 26.9. The molecule has 1 heterocycles. The fraction of sp³-hybridized carbons (Fsp3) is 0.148. The molecule has 3 aromatic carbocycles. The highest BCUT2D eigenvalue weighted by atomic mass is 35.5. The molecule has 0 saturated carbocycles. The van der Waals surface area contributed by atoms with Gasteiger partial charge in [0.1, 0.15) is 17.8 Å². The number of Topliss-reactive ketones (excluding diaryl/α,β-unsaturated/α-hetero) is 1. The number of ketones is 1. The third kappa shape index (κ3) is 6.99. The van der Waals surface area contributed by atoms with E-state index in [9.17, 15) is 18.9 Å². The number of carbonyl (C=O) groups excluding carboxylic acids is 2. The van der Waals surface area contributed by atoms with Crippen molar-refractivity contribution < 1.29 is 18.9 Å². The predicted molar refractivity (Wildman–Crippen MR) is 144 cm³/mol. The van der Waals surface area contributed by atoms with E-state index in [2.05, 4.69) is 27.4 Å².